The number of fused-ring (bicyclic) bond motifs is 1. The molecular weight excluding hydrogens is 412 g/mol. The summed E-state index contributed by atoms with van der Waals surface area (Å²) < 4.78 is 6.68. The van der Waals surface area contributed by atoms with Crippen molar-refractivity contribution in [3.05, 3.63) is 29.8 Å². The van der Waals surface area contributed by atoms with E-state index in [9.17, 15) is 19.5 Å². The van der Waals surface area contributed by atoms with Crippen molar-refractivity contribution in [2.45, 2.75) is 76.7 Å². The molecule has 0 radical (unpaired) electrons. The molecule has 0 spiro atoms. The second-order valence-corrected chi connectivity index (χ2v) is 14.3. The van der Waals surface area contributed by atoms with Crippen LogP contribution in [-0.2, 0) is 14.4 Å². The number of nitrogens with zero attached hydrogens (tertiary/aromatic N) is 1. The lowest BCUT2D eigenvalue weighted by molar-refractivity contribution is -0.147. The minimum atomic E-state index is -2.03. The standard InChI is InChI=1S/C23H34N2O5Si/c1-6-11-31(14(2)3,15(4)5)30-17-9-7-16(8-10-17)21-18(23(28)29)12-19-22(27)24-13-20(26)25(19)21/h7-10,14-15,18-19,21H,6,11-13H2,1-5H3,(H,24,27)(H,28,29)/t18-,19-,21-/m0/s1. The van der Waals surface area contributed by atoms with Crippen molar-refractivity contribution in [3.8, 4) is 5.75 Å². The smallest absolute Gasteiger partial charge is 0.309 e. The first-order chi connectivity index (χ1) is 14.6. The Bertz CT molecular complexity index is 831. The predicted molar refractivity (Wildman–Crippen MR) is 120 cm³/mol. The van der Waals surface area contributed by atoms with E-state index in [1.54, 1.807) is 0 Å². The summed E-state index contributed by atoms with van der Waals surface area (Å²) in [6.45, 7) is 11.0. The number of aliphatic carboxylic acids is 1. The van der Waals surface area contributed by atoms with Crippen molar-refractivity contribution in [2.24, 2.45) is 5.92 Å². The Morgan fingerprint density at radius 2 is 1.81 bits per heavy atom. The second kappa shape index (κ2) is 9.02. The van der Waals surface area contributed by atoms with Gasteiger partial charge >= 0.3 is 5.97 Å². The third kappa shape index (κ3) is 4.22. The van der Waals surface area contributed by atoms with Crippen LogP contribution in [0.5, 0.6) is 5.75 Å². The Balaban J connectivity index is 1.91. The Labute approximate surface area is 185 Å². The van der Waals surface area contributed by atoms with Gasteiger partial charge in [-0.2, -0.15) is 0 Å². The van der Waals surface area contributed by atoms with Gasteiger partial charge in [0.1, 0.15) is 11.8 Å². The molecule has 2 aliphatic heterocycles. The Kier molecular flexibility index (Phi) is 6.78. The maximum absolute atomic E-state index is 12.5. The first-order valence-electron chi connectivity index (χ1n) is 11.2. The molecule has 0 bridgehead atoms. The Morgan fingerprint density at radius 1 is 1.19 bits per heavy atom. The molecule has 0 saturated carbocycles. The Morgan fingerprint density at radius 3 is 2.32 bits per heavy atom. The van der Waals surface area contributed by atoms with E-state index in [0.717, 1.165) is 23.8 Å². The zero-order valence-electron chi connectivity index (χ0n) is 19.1. The van der Waals surface area contributed by atoms with Gasteiger partial charge < -0.3 is 19.7 Å². The molecule has 2 N–H and O–H groups in total. The van der Waals surface area contributed by atoms with Crippen LogP contribution >= 0.6 is 0 Å². The van der Waals surface area contributed by atoms with E-state index in [0.29, 0.717) is 11.1 Å². The number of hydrogen-bond donors (Lipinski definition) is 2. The largest absolute Gasteiger partial charge is 0.543 e. The van der Waals surface area contributed by atoms with Crippen molar-refractivity contribution >= 4 is 26.1 Å². The SMILES string of the molecule is CCC[Si](Oc1ccc([C@H]2[C@@H](C(=O)O)C[C@H]3C(=O)NCC(=O)N32)cc1)(C(C)C)C(C)C. The number of carbonyl (C=O) groups is 3. The highest BCUT2D eigenvalue weighted by Gasteiger charge is 2.52. The normalized spacial score (nSPS) is 23.8. The fourth-order valence-electron chi connectivity index (χ4n) is 5.31. The number of carbonyl (C=O) groups excluding carboxylic acids is 2. The van der Waals surface area contributed by atoms with Crippen molar-refractivity contribution < 1.29 is 23.9 Å². The molecular formula is C23H34N2O5Si. The minimum absolute atomic E-state index is 0.0900. The summed E-state index contributed by atoms with van der Waals surface area (Å²) in [6.07, 6.45) is 1.20. The number of carboxylic acid groups (broad SMARTS) is 1. The third-order valence-electron chi connectivity index (χ3n) is 6.94. The second-order valence-electron chi connectivity index (χ2n) is 9.35. The van der Waals surface area contributed by atoms with Crippen LogP contribution < -0.4 is 9.74 Å². The predicted octanol–water partition coefficient (Wildman–Crippen LogP) is 3.71. The summed E-state index contributed by atoms with van der Waals surface area (Å²) in [4.78, 5) is 38.2. The molecule has 2 amide bonds. The highest BCUT2D eigenvalue weighted by atomic mass is 28.4. The number of rotatable bonds is 8. The minimum Gasteiger partial charge on any atom is -0.543 e. The highest BCUT2D eigenvalue weighted by Crippen LogP contribution is 2.43. The molecule has 0 aliphatic carbocycles. The summed E-state index contributed by atoms with van der Waals surface area (Å²) in [5.41, 5.74) is 1.65. The van der Waals surface area contributed by atoms with Gasteiger partial charge in [0.15, 0.2) is 0 Å². The first-order valence-corrected chi connectivity index (χ1v) is 13.5. The van der Waals surface area contributed by atoms with Crippen molar-refractivity contribution in [2.75, 3.05) is 6.54 Å². The van der Waals surface area contributed by atoms with Gasteiger partial charge in [-0.15, -0.1) is 0 Å². The zero-order valence-corrected chi connectivity index (χ0v) is 20.1. The monoisotopic (exact) mass is 446 g/mol. The van der Waals surface area contributed by atoms with E-state index in [2.05, 4.69) is 39.9 Å². The third-order valence-corrected chi connectivity index (χ3v) is 12.7. The number of nitrogens with one attached hydrogen (secondary N) is 1. The lowest BCUT2D eigenvalue weighted by Crippen LogP contribution is -2.56. The summed E-state index contributed by atoms with van der Waals surface area (Å²) in [5, 5.41) is 12.3. The molecule has 2 heterocycles. The molecule has 8 heteroatoms. The van der Waals surface area contributed by atoms with Crippen LogP contribution in [0.3, 0.4) is 0 Å². The molecule has 3 atom stereocenters. The molecule has 31 heavy (non-hydrogen) atoms. The van der Waals surface area contributed by atoms with Gasteiger partial charge in [0.05, 0.1) is 18.5 Å². The van der Waals surface area contributed by atoms with E-state index in [1.807, 2.05) is 24.3 Å². The molecule has 1 aromatic carbocycles. The van der Waals surface area contributed by atoms with Crippen molar-refractivity contribution in [3.63, 3.8) is 0 Å². The summed E-state index contributed by atoms with van der Waals surface area (Å²) in [6, 6.07) is 7.18. The van der Waals surface area contributed by atoms with Gasteiger partial charge in [-0.1, -0.05) is 53.2 Å². The van der Waals surface area contributed by atoms with Crippen molar-refractivity contribution in [1.29, 1.82) is 0 Å². The lowest BCUT2D eigenvalue weighted by atomic mass is 9.93. The van der Waals surface area contributed by atoms with Gasteiger partial charge in [-0.05, 0) is 41.2 Å². The van der Waals surface area contributed by atoms with Crippen LogP contribution in [0.4, 0.5) is 0 Å². The highest BCUT2D eigenvalue weighted by molar-refractivity contribution is 6.77. The Hall–Kier alpha value is -2.35. The van der Waals surface area contributed by atoms with Crippen LogP contribution in [0.1, 0.15) is 59.1 Å². The van der Waals surface area contributed by atoms with E-state index in [4.69, 9.17) is 4.43 Å². The van der Waals surface area contributed by atoms with Crippen LogP contribution in [-0.4, -0.2) is 48.7 Å². The van der Waals surface area contributed by atoms with Crippen LogP contribution in [0.2, 0.25) is 17.1 Å². The average molecular weight is 447 g/mol. The van der Waals surface area contributed by atoms with Gasteiger partial charge in [-0.25, -0.2) is 0 Å². The molecule has 170 valence electrons. The van der Waals surface area contributed by atoms with Crippen LogP contribution in [0, 0.1) is 5.92 Å². The van der Waals surface area contributed by atoms with Crippen LogP contribution in [0.25, 0.3) is 0 Å². The van der Waals surface area contributed by atoms with Gasteiger partial charge in [-0.3, -0.25) is 14.4 Å². The summed E-state index contributed by atoms with van der Waals surface area (Å²) in [5.74, 6) is -1.54. The molecule has 7 nitrogen and oxygen atoms in total. The van der Waals surface area contributed by atoms with Crippen LogP contribution in [0.15, 0.2) is 24.3 Å². The number of piperazine rings is 1. The van der Waals surface area contributed by atoms with E-state index in [1.165, 1.54) is 4.90 Å². The molecule has 2 saturated heterocycles. The molecule has 0 aromatic heterocycles. The number of hydrogen-bond acceptors (Lipinski definition) is 4. The summed E-state index contributed by atoms with van der Waals surface area (Å²) >= 11 is 0. The number of benzene rings is 1. The zero-order chi connectivity index (χ0) is 22.9. The number of amides is 2. The fourth-order valence-corrected chi connectivity index (χ4v) is 9.73. The molecule has 3 rings (SSSR count). The van der Waals surface area contributed by atoms with Gasteiger partial charge in [0.2, 0.25) is 11.8 Å². The molecule has 1 aromatic rings. The first kappa shape index (κ1) is 23.3. The summed E-state index contributed by atoms with van der Waals surface area (Å²) in [7, 11) is -2.03. The van der Waals surface area contributed by atoms with Gasteiger partial charge in [0.25, 0.3) is 8.32 Å². The topological polar surface area (TPSA) is 95.9 Å². The molecule has 2 aliphatic rings. The lowest BCUT2D eigenvalue weighted by Gasteiger charge is -2.39. The van der Waals surface area contributed by atoms with E-state index < -0.39 is 32.3 Å². The maximum Gasteiger partial charge on any atom is 0.309 e. The average Bonchev–Trinajstić information content (AvgIpc) is 3.13. The molecule has 0 unspecified atom stereocenters. The van der Waals surface area contributed by atoms with E-state index >= 15 is 0 Å². The van der Waals surface area contributed by atoms with Gasteiger partial charge in [0, 0.05) is 0 Å². The maximum atomic E-state index is 12.5. The fraction of sp³-hybridized carbons (Fsp3) is 0.609. The quantitative estimate of drug-likeness (QED) is 0.594. The van der Waals surface area contributed by atoms with E-state index in [-0.39, 0.29) is 24.8 Å². The molecule has 2 fully saturated rings. The number of carboxylic acids is 1. The van der Waals surface area contributed by atoms with Crippen molar-refractivity contribution in [1.82, 2.24) is 10.2 Å².